The second kappa shape index (κ2) is 8.15. The molecule has 4 rings (SSSR count). The standard InChI is InChI=1S/C24H22N2O2S/c1-19(21-12-6-3-7-13-21)26(18-20-10-4-2-5-11-20)29(27,28)23-16-8-14-22-15-9-17-25-24(22)23/h2-17,19H,18H2,1H3. The Morgan fingerprint density at radius 2 is 1.48 bits per heavy atom. The molecule has 0 aliphatic carbocycles. The number of benzene rings is 3. The molecular weight excluding hydrogens is 380 g/mol. The largest absolute Gasteiger partial charge is 0.255 e. The van der Waals surface area contributed by atoms with Gasteiger partial charge in [0.15, 0.2) is 0 Å². The SMILES string of the molecule is CC(c1ccccc1)N(Cc1ccccc1)S(=O)(=O)c1cccc2cccnc12. The molecule has 0 radical (unpaired) electrons. The monoisotopic (exact) mass is 402 g/mol. The van der Waals surface area contributed by atoms with Gasteiger partial charge in [0, 0.05) is 24.2 Å². The Morgan fingerprint density at radius 1 is 0.828 bits per heavy atom. The van der Waals surface area contributed by atoms with Crippen LogP contribution >= 0.6 is 0 Å². The summed E-state index contributed by atoms with van der Waals surface area (Å²) in [6.45, 7) is 2.21. The Hall–Kier alpha value is -3.02. The Bertz CT molecular complexity index is 1200. The lowest BCUT2D eigenvalue weighted by Gasteiger charge is -2.29. The molecule has 29 heavy (non-hydrogen) atoms. The van der Waals surface area contributed by atoms with Gasteiger partial charge in [-0.3, -0.25) is 4.98 Å². The summed E-state index contributed by atoms with van der Waals surface area (Å²) in [5.74, 6) is 0. The van der Waals surface area contributed by atoms with Crippen molar-refractivity contribution in [3.63, 3.8) is 0 Å². The molecule has 1 aromatic heterocycles. The van der Waals surface area contributed by atoms with Crippen LogP contribution in [0.4, 0.5) is 0 Å². The quantitative estimate of drug-likeness (QED) is 0.446. The molecule has 0 saturated heterocycles. The maximum Gasteiger partial charge on any atom is 0.246 e. The van der Waals surface area contributed by atoms with Gasteiger partial charge in [0.25, 0.3) is 0 Å². The number of pyridine rings is 1. The fourth-order valence-corrected chi connectivity index (χ4v) is 5.28. The van der Waals surface area contributed by atoms with Crippen molar-refractivity contribution in [1.82, 2.24) is 9.29 Å². The van der Waals surface area contributed by atoms with E-state index in [9.17, 15) is 8.42 Å². The zero-order chi connectivity index (χ0) is 20.3. The molecule has 0 saturated carbocycles. The molecule has 0 spiro atoms. The Labute approximate surface area is 171 Å². The summed E-state index contributed by atoms with van der Waals surface area (Å²) in [5.41, 5.74) is 2.38. The normalized spacial score (nSPS) is 12.9. The molecule has 1 heterocycles. The minimum absolute atomic E-state index is 0.231. The fourth-order valence-electron chi connectivity index (χ4n) is 3.50. The topological polar surface area (TPSA) is 50.3 Å². The Kier molecular flexibility index (Phi) is 5.43. The molecule has 3 aromatic carbocycles. The van der Waals surface area contributed by atoms with Crippen LogP contribution in [0, 0.1) is 0 Å². The van der Waals surface area contributed by atoms with E-state index in [-0.39, 0.29) is 17.5 Å². The summed E-state index contributed by atoms with van der Waals surface area (Å²) in [5, 5.41) is 0.806. The van der Waals surface area contributed by atoms with Gasteiger partial charge in [-0.05, 0) is 30.2 Å². The van der Waals surface area contributed by atoms with Crippen molar-refractivity contribution in [2.45, 2.75) is 24.4 Å². The molecule has 0 aliphatic heterocycles. The van der Waals surface area contributed by atoms with Crippen LogP contribution in [0.1, 0.15) is 24.1 Å². The van der Waals surface area contributed by atoms with E-state index in [2.05, 4.69) is 4.98 Å². The zero-order valence-corrected chi connectivity index (χ0v) is 17.0. The van der Waals surface area contributed by atoms with Gasteiger partial charge >= 0.3 is 0 Å². The summed E-state index contributed by atoms with van der Waals surface area (Å²) in [4.78, 5) is 4.59. The lowest BCUT2D eigenvalue weighted by molar-refractivity contribution is 0.336. The summed E-state index contributed by atoms with van der Waals surface area (Å²) in [6, 6.07) is 28.0. The number of para-hydroxylation sites is 1. The molecule has 4 aromatic rings. The van der Waals surface area contributed by atoms with Crippen LogP contribution < -0.4 is 0 Å². The third-order valence-corrected chi connectivity index (χ3v) is 7.03. The van der Waals surface area contributed by atoms with Gasteiger partial charge in [0.05, 0.1) is 5.52 Å². The van der Waals surface area contributed by atoms with E-state index < -0.39 is 10.0 Å². The van der Waals surface area contributed by atoms with E-state index in [1.54, 1.807) is 22.6 Å². The van der Waals surface area contributed by atoms with Crippen LogP contribution in [0.2, 0.25) is 0 Å². The van der Waals surface area contributed by atoms with Gasteiger partial charge in [-0.25, -0.2) is 8.42 Å². The van der Waals surface area contributed by atoms with E-state index in [1.807, 2.05) is 85.8 Å². The molecule has 146 valence electrons. The Morgan fingerprint density at radius 3 is 2.21 bits per heavy atom. The minimum Gasteiger partial charge on any atom is -0.255 e. The maximum atomic E-state index is 13.9. The summed E-state index contributed by atoms with van der Waals surface area (Å²) in [7, 11) is -3.80. The van der Waals surface area contributed by atoms with Crippen LogP contribution in [0.25, 0.3) is 10.9 Å². The summed E-state index contributed by atoms with van der Waals surface area (Å²) >= 11 is 0. The number of aromatic nitrogens is 1. The van der Waals surface area contributed by atoms with E-state index in [4.69, 9.17) is 0 Å². The third kappa shape index (κ3) is 3.92. The number of fused-ring (bicyclic) bond motifs is 1. The number of hydrogen-bond acceptors (Lipinski definition) is 3. The molecule has 0 amide bonds. The van der Waals surface area contributed by atoms with Crippen LogP contribution in [0.3, 0.4) is 0 Å². The van der Waals surface area contributed by atoms with Gasteiger partial charge in [-0.15, -0.1) is 0 Å². The highest BCUT2D eigenvalue weighted by Crippen LogP contribution is 2.32. The minimum atomic E-state index is -3.80. The summed E-state index contributed by atoms with van der Waals surface area (Å²) < 4.78 is 29.3. The molecule has 0 N–H and O–H groups in total. The van der Waals surface area contributed by atoms with Gasteiger partial charge < -0.3 is 0 Å². The maximum absolute atomic E-state index is 13.9. The lowest BCUT2D eigenvalue weighted by Crippen LogP contribution is -2.33. The van der Waals surface area contributed by atoms with Crippen molar-refractivity contribution < 1.29 is 8.42 Å². The van der Waals surface area contributed by atoms with Gasteiger partial charge in [-0.2, -0.15) is 4.31 Å². The molecular formula is C24H22N2O2S. The fraction of sp³-hybridized carbons (Fsp3) is 0.125. The van der Waals surface area contributed by atoms with E-state index in [1.165, 1.54) is 0 Å². The predicted octanol–water partition coefficient (Wildman–Crippen LogP) is 5.19. The molecule has 5 heteroatoms. The number of sulfonamides is 1. The van der Waals surface area contributed by atoms with Crippen molar-refractivity contribution in [3.05, 3.63) is 108 Å². The van der Waals surface area contributed by atoms with Crippen LogP contribution in [-0.4, -0.2) is 17.7 Å². The average Bonchev–Trinajstić information content (AvgIpc) is 2.78. The van der Waals surface area contributed by atoms with Crippen LogP contribution in [0.5, 0.6) is 0 Å². The number of hydrogen-bond donors (Lipinski definition) is 0. The van der Waals surface area contributed by atoms with Gasteiger partial charge in [0.2, 0.25) is 10.0 Å². The first-order chi connectivity index (χ1) is 14.1. The van der Waals surface area contributed by atoms with Gasteiger partial charge in [0.1, 0.15) is 4.90 Å². The number of nitrogens with zero attached hydrogens (tertiary/aromatic N) is 2. The first-order valence-electron chi connectivity index (χ1n) is 9.52. The van der Waals surface area contributed by atoms with Crippen molar-refractivity contribution in [2.75, 3.05) is 0 Å². The van der Waals surface area contributed by atoms with Crippen molar-refractivity contribution in [1.29, 1.82) is 0 Å². The Balaban J connectivity index is 1.85. The average molecular weight is 403 g/mol. The molecule has 0 fully saturated rings. The van der Waals surface area contributed by atoms with E-state index in [0.717, 1.165) is 16.5 Å². The van der Waals surface area contributed by atoms with E-state index in [0.29, 0.717) is 5.52 Å². The highest BCUT2D eigenvalue weighted by molar-refractivity contribution is 7.89. The lowest BCUT2D eigenvalue weighted by atomic mass is 10.1. The second-order valence-corrected chi connectivity index (χ2v) is 8.81. The smallest absolute Gasteiger partial charge is 0.246 e. The highest BCUT2D eigenvalue weighted by Gasteiger charge is 2.31. The molecule has 0 bridgehead atoms. The zero-order valence-electron chi connectivity index (χ0n) is 16.1. The van der Waals surface area contributed by atoms with Crippen LogP contribution in [0.15, 0.2) is 102 Å². The van der Waals surface area contributed by atoms with Crippen molar-refractivity contribution in [3.8, 4) is 0 Å². The second-order valence-electron chi connectivity index (χ2n) is 6.95. The third-order valence-electron chi connectivity index (χ3n) is 5.08. The summed E-state index contributed by atoms with van der Waals surface area (Å²) in [6.07, 6.45) is 1.63. The predicted molar refractivity (Wildman–Crippen MR) is 116 cm³/mol. The first kappa shape index (κ1) is 19.3. The van der Waals surface area contributed by atoms with Gasteiger partial charge in [-0.1, -0.05) is 78.9 Å². The highest BCUT2D eigenvalue weighted by atomic mass is 32.2. The molecule has 4 nitrogen and oxygen atoms in total. The van der Waals surface area contributed by atoms with E-state index >= 15 is 0 Å². The van der Waals surface area contributed by atoms with Crippen molar-refractivity contribution >= 4 is 20.9 Å². The first-order valence-corrected chi connectivity index (χ1v) is 11.0. The number of rotatable bonds is 6. The molecule has 1 unspecified atom stereocenters. The van der Waals surface area contributed by atoms with Crippen molar-refractivity contribution in [2.24, 2.45) is 0 Å². The molecule has 1 atom stereocenters. The molecule has 0 aliphatic rings. The van der Waals surface area contributed by atoms with Crippen LogP contribution in [-0.2, 0) is 16.6 Å².